The molecular weight excluding hydrogens is 348 g/mol. The molecule has 8 heteroatoms. The molecule has 0 spiro atoms. The molecule has 0 unspecified atom stereocenters. The van der Waals surface area contributed by atoms with Crippen molar-refractivity contribution in [3.05, 3.63) is 25.3 Å². The summed E-state index contributed by atoms with van der Waals surface area (Å²) in [6.07, 6.45) is 10.4. The van der Waals surface area contributed by atoms with Gasteiger partial charge in [0.15, 0.2) is 0 Å². The third-order valence-corrected chi connectivity index (χ3v) is 7.64. The van der Waals surface area contributed by atoms with Crippen molar-refractivity contribution in [3.63, 3.8) is 0 Å². The molecule has 0 aromatic carbocycles. The van der Waals surface area contributed by atoms with E-state index in [0.29, 0.717) is 37.5 Å². The maximum atomic E-state index is 11.0. The Bertz CT molecular complexity index is 572. The van der Waals surface area contributed by atoms with Gasteiger partial charge in [0, 0.05) is 0 Å². The van der Waals surface area contributed by atoms with E-state index in [9.17, 15) is 16.8 Å². The summed E-state index contributed by atoms with van der Waals surface area (Å²) in [5.41, 5.74) is 0. The average Bonchev–Trinajstić information content (AvgIpc) is 2.54. The Labute approximate surface area is 146 Å². The summed E-state index contributed by atoms with van der Waals surface area (Å²) in [6.45, 7) is 7.33. The highest BCUT2D eigenvalue weighted by atomic mass is 32.2. The van der Waals surface area contributed by atoms with E-state index in [1.807, 2.05) is 12.2 Å². The van der Waals surface area contributed by atoms with Crippen LogP contribution < -0.4 is 10.3 Å². The molecule has 2 saturated carbocycles. The molecule has 0 aromatic heterocycles. The first kappa shape index (κ1) is 21.3. The molecule has 0 aliphatic heterocycles. The number of nitrogens with two attached hydrogens (primary N) is 2. The van der Waals surface area contributed by atoms with Gasteiger partial charge in [-0.25, -0.2) is 27.1 Å². The number of primary sulfonamides is 2. The minimum Gasteiger partial charge on any atom is -0.228 e. The Morgan fingerprint density at radius 2 is 1.04 bits per heavy atom. The van der Waals surface area contributed by atoms with Crippen LogP contribution in [0.1, 0.15) is 51.4 Å². The van der Waals surface area contributed by atoms with Crippen molar-refractivity contribution in [2.45, 2.75) is 61.9 Å². The van der Waals surface area contributed by atoms with Crippen LogP contribution in [-0.4, -0.2) is 27.3 Å². The number of allylic oxidation sites excluding steroid dienone is 2. The molecule has 4 atom stereocenters. The highest BCUT2D eigenvalue weighted by molar-refractivity contribution is 7.90. The number of rotatable bonds is 4. The number of hydrogen-bond donors (Lipinski definition) is 2. The highest BCUT2D eigenvalue weighted by Crippen LogP contribution is 2.28. The first-order chi connectivity index (χ1) is 11.1. The smallest absolute Gasteiger partial charge is 0.211 e. The summed E-state index contributed by atoms with van der Waals surface area (Å²) in [6, 6.07) is 0. The summed E-state index contributed by atoms with van der Waals surface area (Å²) >= 11 is 0. The van der Waals surface area contributed by atoms with Crippen molar-refractivity contribution in [2.24, 2.45) is 22.1 Å². The second-order valence-electron chi connectivity index (χ2n) is 6.75. The summed E-state index contributed by atoms with van der Waals surface area (Å²) in [4.78, 5) is 0. The van der Waals surface area contributed by atoms with Crippen molar-refractivity contribution in [2.75, 3.05) is 0 Å². The van der Waals surface area contributed by atoms with Crippen molar-refractivity contribution in [1.29, 1.82) is 0 Å². The van der Waals surface area contributed by atoms with Crippen molar-refractivity contribution in [1.82, 2.24) is 0 Å². The lowest BCUT2D eigenvalue weighted by Gasteiger charge is -2.25. The molecular formula is C16H30N2O4S2. The van der Waals surface area contributed by atoms with Crippen LogP contribution in [0.25, 0.3) is 0 Å². The number of sulfonamides is 2. The van der Waals surface area contributed by atoms with E-state index in [-0.39, 0.29) is 10.5 Å². The molecule has 2 fully saturated rings. The van der Waals surface area contributed by atoms with Crippen LogP contribution in [-0.2, 0) is 20.0 Å². The van der Waals surface area contributed by atoms with Crippen LogP contribution in [0.3, 0.4) is 0 Å². The van der Waals surface area contributed by atoms with Gasteiger partial charge >= 0.3 is 0 Å². The molecule has 6 nitrogen and oxygen atoms in total. The van der Waals surface area contributed by atoms with Crippen LogP contribution in [0.2, 0.25) is 0 Å². The lowest BCUT2D eigenvalue weighted by molar-refractivity contribution is 0.414. The highest BCUT2D eigenvalue weighted by Gasteiger charge is 2.28. The fourth-order valence-electron chi connectivity index (χ4n) is 3.39. The van der Waals surface area contributed by atoms with Gasteiger partial charge in [-0.3, -0.25) is 0 Å². The van der Waals surface area contributed by atoms with E-state index < -0.39 is 20.0 Å². The van der Waals surface area contributed by atoms with Gasteiger partial charge in [-0.05, 0) is 50.4 Å². The molecule has 2 aliphatic rings. The van der Waals surface area contributed by atoms with E-state index in [0.717, 1.165) is 25.7 Å². The van der Waals surface area contributed by atoms with Gasteiger partial charge in [0.05, 0.1) is 10.5 Å². The SMILES string of the molecule is C=C[C@@H]1CCC[C@H](S(N)(=O)=O)C1.C=C[C@H]1CCC[C@@H](S(N)(=O)=O)C1. The fraction of sp³-hybridized carbons (Fsp3) is 0.750. The lowest BCUT2D eigenvalue weighted by atomic mass is 9.89. The van der Waals surface area contributed by atoms with Crippen LogP contribution in [0.15, 0.2) is 25.3 Å². The van der Waals surface area contributed by atoms with E-state index in [1.54, 1.807) is 0 Å². The van der Waals surface area contributed by atoms with E-state index in [4.69, 9.17) is 10.3 Å². The fourth-order valence-corrected chi connectivity index (χ4v) is 5.41. The lowest BCUT2D eigenvalue weighted by Crippen LogP contribution is -2.32. The molecule has 24 heavy (non-hydrogen) atoms. The Morgan fingerprint density at radius 3 is 1.29 bits per heavy atom. The van der Waals surface area contributed by atoms with Gasteiger partial charge in [-0.1, -0.05) is 25.0 Å². The van der Waals surface area contributed by atoms with Crippen LogP contribution in [0.4, 0.5) is 0 Å². The summed E-state index contributed by atoms with van der Waals surface area (Å²) < 4.78 is 44.0. The van der Waals surface area contributed by atoms with E-state index >= 15 is 0 Å². The van der Waals surface area contributed by atoms with E-state index in [2.05, 4.69) is 13.2 Å². The van der Waals surface area contributed by atoms with Gasteiger partial charge in [-0.2, -0.15) is 0 Å². The maximum Gasteiger partial charge on any atom is 0.211 e. The minimum absolute atomic E-state index is 0.335. The first-order valence-electron chi connectivity index (χ1n) is 8.36. The van der Waals surface area contributed by atoms with Crippen molar-refractivity contribution < 1.29 is 16.8 Å². The van der Waals surface area contributed by atoms with Gasteiger partial charge in [0.25, 0.3) is 0 Å². The van der Waals surface area contributed by atoms with Crippen LogP contribution in [0.5, 0.6) is 0 Å². The predicted octanol–water partition coefficient (Wildman–Crippen LogP) is 2.04. The molecule has 0 heterocycles. The monoisotopic (exact) mass is 378 g/mol. The van der Waals surface area contributed by atoms with Gasteiger partial charge in [0.1, 0.15) is 0 Å². The summed E-state index contributed by atoms with van der Waals surface area (Å²) in [5, 5.41) is 9.45. The van der Waals surface area contributed by atoms with E-state index in [1.165, 1.54) is 0 Å². The second kappa shape index (κ2) is 9.12. The Kier molecular flexibility index (Phi) is 8.11. The molecule has 2 rings (SSSR count). The molecule has 4 N–H and O–H groups in total. The van der Waals surface area contributed by atoms with Gasteiger partial charge in [-0.15, -0.1) is 13.2 Å². The Morgan fingerprint density at radius 1 is 0.708 bits per heavy atom. The summed E-state index contributed by atoms with van der Waals surface area (Å²) in [7, 11) is -6.63. The zero-order valence-electron chi connectivity index (χ0n) is 14.1. The largest absolute Gasteiger partial charge is 0.228 e. The molecule has 0 radical (unpaired) electrons. The quantitative estimate of drug-likeness (QED) is 0.727. The zero-order chi connectivity index (χ0) is 18.4. The van der Waals surface area contributed by atoms with Gasteiger partial charge in [0.2, 0.25) is 20.0 Å². The second-order valence-corrected chi connectivity index (χ2v) is 10.4. The summed E-state index contributed by atoms with van der Waals surface area (Å²) in [5.74, 6) is 0.671. The van der Waals surface area contributed by atoms with Crippen molar-refractivity contribution in [3.8, 4) is 0 Å². The molecule has 0 saturated heterocycles. The predicted molar refractivity (Wildman–Crippen MR) is 98.1 cm³/mol. The Hall–Kier alpha value is -0.700. The van der Waals surface area contributed by atoms with Gasteiger partial charge < -0.3 is 0 Å². The molecule has 2 aliphatic carbocycles. The average molecular weight is 379 g/mol. The molecule has 0 aromatic rings. The van der Waals surface area contributed by atoms with Crippen LogP contribution >= 0.6 is 0 Å². The molecule has 0 bridgehead atoms. The third kappa shape index (κ3) is 7.04. The normalized spacial score (nSPS) is 31.4. The standard InChI is InChI=1S/2C8H15NO2S/c2*1-2-7-4-3-5-8(6-7)12(9,10)11/h2*2,7-8H,1,3-6H2,(H2,9,10,11)/t2*7-,8+/m10/s1. The first-order valence-corrected chi connectivity index (χ1v) is 11.6. The Balaban J connectivity index is 0.000000240. The number of hydrogen-bond acceptors (Lipinski definition) is 4. The topological polar surface area (TPSA) is 120 Å². The zero-order valence-corrected chi connectivity index (χ0v) is 15.8. The maximum absolute atomic E-state index is 11.0. The third-order valence-electron chi connectivity index (χ3n) is 4.93. The molecule has 140 valence electrons. The van der Waals surface area contributed by atoms with Crippen molar-refractivity contribution >= 4 is 20.0 Å². The van der Waals surface area contributed by atoms with Crippen LogP contribution in [0, 0.1) is 11.8 Å². The molecule has 0 amide bonds. The minimum atomic E-state index is -3.32.